The van der Waals surface area contributed by atoms with Gasteiger partial charge in [0.2, 0.25) is 0 Å². The Bertz CT molecular complexity index is 942. The van der Waals surface area contributed by atoms with Gasteiger partial charge in [-0.3, -0.25) is 4.79 Å². The van der Waals surface area contributed by atoms with E-state index in [1.165, 1.54) is 11.3 Å². The second-order valence-electron chi connectivity index (χ2n) is 6.10. The van der Waals surface area contributed by atoms with E-state index >= 15 is 0 Å². The lowest BCUT2D eigenvalue weighted by Gasteiger charge is -2.20. The highest BCUT2D eigenvalue weighted by Gasteiger charge is 2.24. The summed E-state index contributed by atoms with van der Waals surface area (Å²) in [5.41, 5.74) is 1.53. The number of amides is 1. The molecular weight excluding hydrogens is 364 g/mol. The summed E-state index contributed by atoms with van der Waals surface area (Å²) in [5.74, 6) is 1.80. The number of methoxy groups -OCH3 is 2. The lowest BCUT2D eigenvalue weighted by Crippen LogP contribution is -2.31. The minimum atomic E-state index is -0.469. The normalized spacial score (nSPS) is 11.9. The van der Waals surface area contributed by atoms with E-state index in [9.17, 15) is 4.79 Å². The molecule has 0 aliphatic carbocycles. The van der Waals surface area contributed by atoms with E-state index in [0.29, 0.717) is 22.2 Å². The molecule has 1 atom stereocenters. The van der Waals surface area contributed by atoms with Crippen molar-refractivity contribution in [3.8, 4) is 11.5 Å². The smallest absolute Gasteiger partial charge is 0.264 e. The first-order valence-corrected chi connectivity index (χ1v) is 9.19. The quantitative estimate of drug-likeness (QED) is 0.705. The first-order valence-electron chi connectivity index (χ1n) is 8.38. The Hall–Kier alpha value is -2.87. The number of nitrogens with one attached hydrogen (secondary N) is 1. The van der Waals surface area contributed by atoms with E-state index < -0.39 is 6.04 Å². The van der Waals surface area contributed by atoms with Crippen LogP contribution >= 0.6 is 11.3 Å². The molecule has 0 bridgehead atoms. The topological polar surface area (TPSA) is 78.3 Å². The van der Waals surface area contributed by atoms with Crippen molar-refractivity contribution >= 4 is 17.2 Å². The molecule has 1 amide bonds. The molecule has 1 N–H and O–H groups in total. The highest BCUT2D eigenvalue weighted by molar-refractivity contribution is 7.13. The first-order chi connectivity index (χ1) is 12.9. The third-order valence-electron chi connectivity index (χ3n) is 4.21. The van der Waals surface area contributed by atoms with Crippen LogP contribution in [0.4, 0.5) is 0 Å². The predicted octanol–water partition coefficient (Wildman–Crippen LogP) is 3.03. The van der Waals surface area contributed by atoms with Crippen LogP contribution in [-0.2, 0) is 7.05 Å². The van der Waals surface area contributed by atoms with Crippen molar-refractivity contribution in [2.75, 3.05) is 14.2 Å². The molecule has 0 aliphatic heterocycles. The Morgan fingerprint density at radius 2 is 1.85 bits per heavy atom. The number of rotatable bonds is 6. The minimum Gasteiger partial charge on any atom is -0.497 e. The number of ether oxygens (including phenoxy) is 2. The number of benzene rings is 1. The molecule has 3 rings (SSSR count). The van der Waals surface area contributed by atoms with Crippen molar-refractivity contribution in [3.05, 3.63) is 57.6 Å². The summed E-state index contributed by atoms with van der Waals surface area (Å²) in [7, 11) is 5.08. The maximum Gasteiger partial charge on any atom is 0.264 e. The molecule has 3 aromatic rings. The van der Waals surface area contributed by atoms with Gasteiger partial charge in [0.05, 0.1) is 24.9 Å². The minimum absolute atomic E-state index is 0.187. The van der Waals surface area contributed by atoms with E-state index in [-0.39, 0.29) is 5.91 Å². The third-order valence-corrected chi connectivity index (χ3v) is 5.28. The average Bonchev–Trinajstić information content (AvgIpc) is 3.23. The molecular formula is C19H22N4O3S. The van der Waals surface area contributed by atoms with Gasteiger partial charge >= 0.3 is 0 Å². The van der Waals surface area contributed by atoms with Gasteiger partial charge in [-0.05, 0) is 31.5 Å². The van der Waals surface area contributed by atoms with Crippen molar-refractivity contribution in [1.82, 2.24) is 19.9 Å². The summed E-state index contributed by atoms with van der Waals surface area (Å²) < 4.78 is 12.6. The zero-order chi connectivity index (χ0) is 19.6. The number of aryl methyl sites for hydroxylation is 3. The van der Waals surface area contributed by atoms with Gasteiger partial charge in [-0.25, -0.2) is 9.97 Å². The molecule has 2 heterocycles. The van der Waals surface area contributed by atoms with Gasteiger partial charge in [0.15, 0.2) is 0 Å². The summed E-state index contributed by atoms with van der Waals surface area (Å²) in [4.78, 5) is 22.3. The highest BCUT2D eigenvalue weighted by atomic mass is 32.1. The Labute approximate surface area is 162 Å². The van der Waals surface area contributed by atoms with Gasteiger partial charge in [-0.2, -0.15) is 0 Å². The lowest BCUT2D eigenvalue weighted by atomic mass is 10.0. The van der Waals surface area contributed by atoms with Crippen molar-refractivity contribution in [1.29, 1.82) is 0 Å². The van der Waals surface area contributed by atoms with E-state index in [2.05, 4.69) is 15.3 Å². The molecule has 8 heteroatoms. The first kappa shape index (κ1) is 18.9. The van der Waals surface area contributed by atoms with Gasteiger partial charge in [0.25, 0.3) is 5.91 Å². The molecule has 2 aromatic heterocycles. The van der Waals surface area contributed by atoms with Gasteiger partial charge in [-0.15, -0.1) is 11.3 Å². The zero-order valence-corrected chi connectivity index (χ0v) is 16.8. The van der Waals surface area contributed by atoms with Crippen LogP contribution in [0, 0.1) is 13.8 Å². The molecule has 142 valence electrons. The summed E-state index contributed by atoms with van der Waals surface area (Å²) in [6, 6.07) is 5.06. The Morgan fingerprint density at radius 3 is 2.33 bits per heavy atom. The Balaban J connectivity index is 2.04. The number of aromatic nitrogens is 3. The van der Waals surface area contributed by atoms with Crippen molar-refractivity contribution in [2.45, 2.75) is 19.9 Å². The number of thiazole rings is 1. The summed E-state index contributed by atoms with van der Waals surface area (Å²) in [6.07, 6.45) is 3.54. The second-order valence-corrected chi connectivity index (χ2v) is 7.30. The highest BCUT2D eigenvalue weighted by Crippen LogP contribution is 2.30. The molecule has 0 saturated carbocycles. The fourth-order valence-electron chi connectivity index (χ4n) is 2.89. The Kier molecular flexibility index (Phi) is 5.46. The third kappa shape index (κ3) is 3.95. The van der Waals surface area contributed by atoms with Crippen LogP contribution in [0.15, 0.2) is 30.6 Å². The number of imidazole rings is 1. The molecule has 0 aliphatic rings. The fraction of sp³-hybridized carbons (Fsp3) is 0.316. The lowest BCUT2D eigenvalue weighted by molar-refractivity contribution is 0.0944. The molecule has 27 heavy (non-hydrogen) atoms. The number of hydrogen-bond acceptors (Lipinski definition) is 6. The van der Waals surface area contributed by atoms with Crippen LogP contribution in [0.2, 0.25) is 0 Å². The summed E-state index contributed by atoms with van der Waals surface area (Å²) in [5, 5.41) is 3.94. The van der Waals surface area contributed by atoms with Crippen LogP contribution in [-0.4, -0.2) is 34.7 Å². The van der Waals surface area contributed by atoms with E-state index in [4.69, 9.17) is 9.47 Å². The molecule has 0 spiro atoms. The molecule has 0 unspecified atom stereocenters. The maximum absolute atomic E-state index is 12.9. The van der Waals surface area contributed by atoms with Crippen molar-refractivity contribution in [3.63, 3.8) is 0 Å². The Morgan fingerprint density at radius 1 is 1.19 bits per heavy atom. The van der Waals surface area contributed by atoms with Gasteiger partial charge < -0.3 is 19.4 Å². The number of carbonyl (C=O) groups excluding carboxylic acids is 1. The monoisotopic (exact) mass is 386 g/mol. The molecule has 7 nitrogen and oxygen atoms in total. The SMILES string of the molecule is COc1cc(OC)cc([C@@H](NC(=O)c2sc(C)nc2C)c2nccn2C)c1. The molecule has 0 fully saturated rings. The van der Waals surface area contributed by atoms with Gasteiger partial charge in [0.1, 0.15) is 28.2 Å². The molecule has 0 radical (unpaired) electrons. The molecule has 0 saturated heterocycles. The summed E-state index contributed by atoms with van der Waals surface area (Å²) in [6.45, 7) is 3.72. The van der Waals surface area contributed by atoms with Crippen LogP contribution in [0.5, 0.6) is 11.5 Å². The predicted molar refractivity (Wildman–Crippen MR) is 104 cm³/mol. The number of nitrogens with zero attached hydrogens (tertiary/aromatic N) is 3. The van der Waals surface area contributed by atoms with Crippen LogP contribution in [0.1, 0.15) is 37.8 Å². The van der Waals surface area contributed by atoms with E-state index in [1.807, 2.05) is 43.8 Å². The standard InChI is InChI=1S/C19H22N4O3S/c1-11-17(27-12(2)21-11)19(24)22-16(18-20-6-7-23(18)3)13-8-14(25-4)10-15(9-13)26-5/h6-10,16H,1-5H3,(H,22,24)/t16-/m1/s1. The van der Waals surface area contributed by atoms with Crippen molar-refractivity contribution < 1.29 is 14.3 Å². The second kappa shape index (κ2) is 7.79. The maximum atomic E-state index is 12.9. The van der Waals surface area contributed by atoms with E-state index in [0.717, 1.165) is 16.3 Å². The van der Waals surface area contributed by atoms with Crippen molar-refractivity contribution in [2.24, 2.45) is 7.05 Å². The number of hydrogen-bond donors (Lipinski definition) is 1. The largest absolute Gasteiger partial charge is 0.497 e. The van der Waals surface area contributed by atoms with Gasteiger partial charge in [0, 0.05) is 25.5 Å². The van der Waals surface area contributed by atoms with Crippen LogP contribution in [0.3, 0.4) is 0 Å². The summed E-state index contributed by atoms with van der Waals surface area (Å²) >= 11 is 1.38. The average molecular weight is 386 g/mol. The van der Waals surface area contributed by atoms with Gasteiger partial charge in [-0.1, -0.05) is 0 Å². The van der Waals surface area contributed by atoms with E-state index in [1.54, 1.807) is 26.5 Å². The number of carbonyl (C=O) groups is 1. The van der Waals surface area contributed by atoms with Crippen LogP contribution in [0.25, 0.3) is 0 Å². The zero-order valence-electron chi connectivity index (χ0n) is 15.9. The molecule has 1 aromatic carbocycles. The van der Waals surface area contributed by atoms with Crippen LogP contribution < -0.4 is 14.8 Å². The fourth-order valence-corrected chi connectivity index (χ4v) is 3.71.